The van der Waals surface area contributed by atoms with Crippen LogP contribution in [0.4, 0.5) is 10.5 Å². The Morgan fingerprint density at radius 3 is 2.00 bits per heavy atom. The summed E-state index contributed by atoms with van der Waals surface area (Å²) in [5.74, 6) is -0.499. The number of hydrogen-bond acceptors (Lipinski definition) is 7. The molecule has 3 N–H and O–H groups in total. The maximum atomic E-state index is 12.3. The summed E-state index contributed by atoms with van der Waals surface area (Å²) in [6.07, 6.45) is -0.336. The van der Waals surface area contributed by atoms with Gasteiger partial charge in [-0.3, -0.25) is 9.69 Å². The van der Waals surface area contributed by atoms with Crippen molar-refractivity contribution in [3.63, 3.8) is 0 Å². The lowest BCUT2D eigenvalue weighted by atomic mass is 9.99. The molecule has 0 bridgehead atoms. The van der Waals surface area contributed by atoms with E-state index in [1.54, 1.807) is 19.1 Å². The molecule has 4 aromatic carbocycles. The van der Waals surface area contributed by atoms with Crippen molar-refractivity contribution in [3.05, 3.63) is 137 Å². The molecule has 9 heteroatoms. The molecule has 1 aliphatic rings. The Labute approximate surface area is 270 Å². The fraction of sp³-hybridized carbons (Fsp3) is 0.297. The van der Waals surface area contributed by atoms with E-state index in [1.165, 1.54) is 11.1 Å². The summed E-state index contributed by atoms with van der Waals surface area (Å²) in [5, 5.41) is 14.8. The molecule has 1 fully saturated rings. The average molecular weight is 624 g/mol. The number of esters is 1. The van der Waals surface area contributed by atoms with Gasteiger partial charge in [0.05, 0.1) is 25.4 Å². The van der Waals surface area contributed by atoms with Crippen LogP contribution in [-0.4, -0.2) is 47.8 Å². The van der Waals surface area contributed by atoms with Gasteiger partial charge < -0.3 is 30.0 Å². The summed E-state index contributed by atoms with van der Waals surface area (Å²) < 4.78 is 18.0. The minimum absolute atomic E-state index is 0.0185. The summed E-state index contributed by atoms with van der Waals surface area (Å²) in [4.78, 5) is 26.2. The van der Waals surface area contributed by atoms with E-state index in [0.717, 1.165) is 29.8 Å². The van der Waals surface area contributed by atoms with Crippen LogP contribution in [0.25, 0.3) is 0 Å². The van der Waals surface area contributed by atoms with E-state index < -0.39 is 18.3 Å². The molecular formula is C37H41N3O6. The Morgan fingerprint density at radius 2 is 1.41 bits per heavy atom. The van der Waals surface area contributed by atoms with Gasteiger partial charge >= 0.3 is 12.0 Å². The second-order valence-corrected chi connectivity index (χ2v) is 11.2. The number of anilines is 1. The third-order valence-corrected chi connectivity index (χ3v) is 7.71. The van der Waals surface area contributed by atoms with Crippen LogP contribution in [-0.2, 0) is 38.7 Å². The number of rotatable bonds is 13. The monoisotopic (exact) mass is 623 g/mol. The molecule has 0 spiro atoms. The van der Waals surface area contributed by atoms with E-state index in [1.807, 2.05) is 48.5 Å². The number of benzene rings is 4. The molecule has 0 aromatic heterocycles. The molecule has 4 aromatic rings. The highest BCUT2D eigenvalue weighted by Gasteiger charge is 2.33. The fourth-order valence-corrected chi connectivity index (χ4v) is 5.45. The molecule has 1 aliphatic heterocycles. The van der Waals surface area contributed by atoms with E-state index in [0.29, 0.717) is 18.7 Å². The van der Waals surface area contributed by atoms with Crippen molar-refractivity contribution >= 4 is 17.7 Å². The fourth-order valence-electron chi connectivity index (χ4n) is 5.45. The minimum Gasteiger partial charge on any atom is -0.465 e. The first-order valence-corrected chi connectivity index (χ1v) is 15.6. The van der Waals surface area contributed by atoms with Crippen molar-refractivity contribution in [3.8, 4) is 0 Å². The molecule has 1 heterocycles. The third-order valence-electron chi connectivity index (χ3n) is 7.71. The van der Waals surface area contributed by atoms with Gasteiger partial charge in [-0.1, -0.05) is 97.1 Å². The number of amides is 2. The lowest BCUT2D eigenvalue weighted by Gasteiger charge is -2.38. The highest BCUT2D eigenvalue weighted by atomic mass is 16.7. The Bertz CT molecular complexity index is 1480. The summed E-state index contributed by atoms with van der Waals surface area (Å²) in [5.41, 5.74) is 5.70. The summed E-state index contributed by atoms with van der Waals surface area (Å²) in [6, 6.07) is 35.5. The first-order chi connectivity index (χ1) is 22.5. The van der Waals surface area contributed by atoms with Crippen LogP contribution in [0.3, 0.4) is 0 Å². The van der Waals surface area contributed by atoms with Crippen LogP contribution in [0.15, 0.2) is 109 Å². The summed E-state index contributed by atoms with van der Waals surface area (Å²) in [6.45, 7) is 3.97. The Hall–Kier alpha value is -4.54. The van der Waals surface area contributed by atoms with Crippen LogP contribution in [0.1, 0.15) is 53.6 Å². The molecule has 46 heavy (non-hydrogen) atoms. The zero-order valence-corrected chi connectivity index (χ0v) is 26.0. The molecule has 0 aliphatic carbocycles. The van der Waals surface area contributed by atoms with Gasteiger partial charge in [0, 0.05) is 37.3 Å². The van der Waals surface area contributed by atoms with Crippen molar-refractivity contribution in [2.24, 2.45) is 0 Å². The molecule has 3 atom stereocenters. The predicted octanol–water partition coefficient (Wildman–Crippen LogP) is 6.11. The third kappa shape index (κ3) is 9.73. The standard InChI is InChI=1S/C37H41N3O6/c1-2-44-35(42)22-38-37(43)39-32-19-17-31(18-20-32)36-45-33(21-34(46-36)30-15-13-29(26-41)14-16-30)25-40(23-27-9-5-3-6-10-27)24-28-11-7-4-8-12-28/h3-20,33-34,36,41H,2,21-26H2,1H3,(H2,38,39,43)/t33-,34+,36+/m0/s1. The molecule has 2 amide bonds. The molecule has 5 rings (SSSR count). The van der Waals surface area contributed by atoms with Crippen LogP contribution < -0.4 is 10.6 Å². The molecule has 9 nitrogen and oxygen atoms in total. The Balaban J connectivity index is 1.32. The lowest BCUT2D eigenvalue weighted by Crippen LogP contribution is -2.39. The lowest BCUT2D eigenvalue weighted by molar-refractivity contribution is -0.253. The first-order valence-electron chi connectivity index (χ1n) is 15.6. The van der Waals surface area contributed by atoms with Crippen LogP contribution in [0.2, 0.25) is 0 Å². The number of urea groups is 1. The van der Waals surface area contributed by atoms with Crippen molar-refractivity contribution in [1.29, 1.82) is 0 Å². The topological polar surface area (TPSA) is 109 Å². The SMILES string of the molecule is CCOC(=O)CNC(=O)Nc1ccc([C@@H]2O[C@H](CN(Cc3ccccc3)Cc3ccccc3)C[C@H](c3ccc(CO)cc3)O2)cc1. The minimum atomic E-state index is -0.636. The average Bonchev–Trinajstić information content (AvgIpc) is 3.08. The van der Waals surface area contributed by atoms with Gasteiger partial charge in [-0.2, -0.15) is 0 Å². The van der Waals surface area contributed by atoms with Crippen LogP contribution in [0, 0.1) is 0 Å². The van der Waals surface area contributed by atoms with Gasteiger partial charge in [0.2, 0.25) is 0 Å². The van der Waals surface area contributed by atoms with Crippen LogP contribution in [0.5, 0.6) is 0 Å². The molecule has 0 radical (unpaired) electrons. The number of nitrogens with zero attached hydrogens (tertiary/aromatic N) is 1. The summed E-state index contributed by atoms with van der Waals surface area (Å²) >= 11 is 0. The van der Waals surface area contributed by atoms with Gasteiger partial charge in [-0.25, -0.2) is 4.79 Å². The van der Waals surface area contributed by atoms with Crippen molar-refractivity contribution in [2.75, 3.05) is 25.0 Å². The van der Waals surface area contributed by atoms with Crippen molar-refractivity contribution in [2.45, 2.75) is 51.5 Å². The molecular weight excluding hydrogens is 582 g/mol. The largest absolute Gasteiger partial charge is 0.465 e. The number of aliphatic hydroxyl groups excluding tert-OH is 1. The van der Waals surface area contributed by atoms with E-state index in [9.17, 15) is 14.7 Å². The van der Waals surface area contributed by atoms with Crippen LogP contribution >= 0.6 is 0 Å². The molecule has 0 saturated carbocycles. The number of aliphatic hydroxyl groups is 1. The highest BCUT2D eigenvalue weighted by Crippen LogP contribution is 2.38. The smallest absolute Gasteiger partial charge is 0.325 e. The molecule has 0 unspecified atom stereocenters. The second kappa shape index (κ2) is 16.7. The number of carbonyl (C=O) groups is 2. The Kier molecular flexibility index (Phi) is 11.9. The number of carbonyl (C=O) groups excluding carboxylic acids is 2. The maximum Gasteiger partial charge on any atom is 0.325 e. The normalized spacial score (nSPS) is 17.8. The van der Waals surface area contributed by atoms with Gasteiger partial charge in [0.25, 0.3) is 0 Å². The van der Waals surface area contributed by atoms with Gasteiger partial charge in [-0.15, -0.1) is 0 Å². The van der Waals surface area contributed by atoms with Crippen molar-refractivity contribution in [1.82, 2.24) is 10.2 Å². The predicted molar refractivity (Wildman–Crippen MR) is 176 cm³/mol. The van der Waals surface area contributed by atoms with Gasteiger partial charge in [-0.05, 0) is 41.3 Å². The van der Waals surface area contributed by atoms with Gasteiger partial charge in [0.1, 0.15) is 6.54 Å². The van der Waals surface area contributed by atoms with Gasteiger partial charge in [0.15, 0.2) is 6.29 Å². The zero-order valence-electron chi connectivity index (χ0n) is 26.0. The van der Waals surface area contributed by atoms with E-state index >= 15 is 0 Å². The molecule has 240 valence electrons. The number of hydrogen-bond donors (Lipinski definition) is 3. The second-order valence-electron chi connectivity index (χ2n) is 11.2. The van der Waals surface area contributed by atoms with E-state index in [2.05, 4.69) is 64.1 Å². The first kappa shape index (κ1) is 32.8. The highest BCUT2D eigenvalue weighted by molar-refractivity contribution is 5.91. The van der Waals surface area contributed by atoms with E-state index in [-0.39, 0.29) is 32.0 Å². The molecule has 1 saturated heterocycles. The summed E-state index contributed by atoms with van der Waals surface area (Å²) in [7, 11) is 0. The quantitative estimate of drug-likeness (QED) is 0.154. The maximum absolute atomic E-state index is 12.3. The Morgan fingerprint density at radius 1 is 0.804 bits per heavy atom. The zero-order chi connectivity index (χ0) is 32.1. The van der Waals surface area contributed by atoms with Crippen molar-refractivity contribution < 1.29 is 28.9 Å². The van der Waals surface area contributed by atoms with E-state index in [4.69, 9.17) is 14.2 Å². The number of ether oxygens (including phenoxy) is 3. The number of nitrogens with one attached hydrogen (secondary N) is 2.